The van der Waals surface area contributed by atoms with Crippen LogP contribution in [-0.2, 0) is 19.7 Å². The summed E-state index contributed by atoms with van der Waals surface area (Å²) in [7, 11) is 10.3. The van der Waals surface area contributed by atoms with Crippen molar-refractivity contribution in [2.24, 2.45) is 0 Å². The molecule has 0 heterocycles. The van der Waals surface area contributed by atoms with E-state index in [0.717, 1.165) is 12.8 Å². The molecule has 0 saturated carbocycles. The molecule has 0 aliphatic heterocycles. The van der Waals surface area contributed by atoms with Gasteiger partial charge in [-0.3, -0.25) is 0 Å². The first kappa shape index (κ1) is 9.92. The molecule has 0 spiro atoms. The van der Waals surface area contributed by atoms with E-state index in [1.54, 1.807) is 0 Å². The average molecular weight is 211 g/mol. The summed E-state index contributed by atoms with van der Waals surface area (Å²) in [4.78, 5) is 0. The third-order valence-electron chi connectivity index (χ3n) is 0.739. The van der Waals surface area contributed by atoms with Crippen molar-refractivity contribution in [3.63, 3.8) is 0 Å². The first-order chi connectivity index (χ1) is 4.06. The van der Waals surface area contributed by atoms with Crippen LogP contribution in [0.3, 0.4) is 0 Å². The molecule has 0 aromatic heterocycles. The van der Waals surface area contributed by atoms with Crippen LogP contribution >= 0.6 is 19.7 Å². The Kier molecular flexibility index (Phi) is 5.18. The minimum atomic E-state index is -3.80. The Morgan fingerprint density at radius 1 is 1.56 bits per heavy atom. The number of hydrogen-bond donors (Lipinski definition) is 0. The summed E-state index contributed by atoms with van der Waals surface area (Å²) in [6.45, 7) is 2.41. The Balaban J connectivity index is 3.18. The van der Waals surface area contributed by atoms with Crippen LogP contribution in [-0.4, -0.2) is 6.61 Å². The predicted octanol–water partition coefficient (Wildman–Crippen LogP) is 2.53. The topological polar surface area (TPSA) is 26.3 Å². The van der Waals surface area contributed by atoms with Gasteiger partial charge in [0.25, 0.3) is 0 Å². The summed E-state index contributed by atoms with van der Waals surface area (Å²) in [6.07, 6.45) is 1.84. The van der Waals surface area contributed by atoms with E-state index in [1.807, 2.05) is 6.92 Å². The van der Waals surface area contributed by atoms with Crippen molar-refractivity contribution < 1.29 is 19.7 Å². The summed E-state index contributed by atoms with van der Waals surface area (Å²) in [5.41, 5.74) is 0. The Labute approximate surface area is 65.9 Å². The first-order valence-electron chi connectivity index (χ1n) is 2.70. The quantitative estimate of drug-likeness (QED) is 0.667. The van der Waals surface area contributed by atoms with E-state index < -0.39 is 12.4 Å². The second-order valence-electron chi connectivity index (χ2n) is 1.60. The van der Waals surface area contributed by atoms with Gasteiger partial charge in [0, 0.05) is 0 Å². The van der Waals surface area contributed by atoms with Gasteiger partial charge in [0.15, 0.2) is 0 Å². The molecule has 0 radical (unpaired) electrons. The molecule has 5 heteroatoms. The fraction of sp³-hybridized carbons (Fsp3) is 1.00. The third-order valence-corrected chi connectivity index (χ3v) is 2.30. The number of halogens is 2. The van der Waals surface area contributed by atoms with Gasteiger partial charge in [0.1, 0.15) is 0 Å². The maximum atomic E-state index is 10.5. The van der Waals surface area contributed by atoms with Gasteiger partial charge in [-0.25, -0.2) is 0 Å². The van der Waals surface area contributed by atoms with Crippen molar-refractivity contribution in [1.82, 2.24) is 0 Å². The molecule has 0 N–H and O–H groups in total. The molecule has 0 rings (SSSR count). The molecule has 0 aromatic rings. The second-order valence-corrected chi connectivity index (χ2v) is 7.68. The van der Waals surface area contributed by atoms with Gasteiger partial charge in [0.05, 0.1) is 0 Å². The molecule has 0 amide bonds. The molecule has 56 valence electrons. The number of unbranched alkanes of at least 4 members (excludes halogenated alkanes) is 1. The van der Waals surface area contributed by atoms with Gasteiger partial charge >= 0.3 is 65.8 Å². The van der Waals surface area contributed by atoms with Crippen molar-refractivity contribution in [3.8, 4) is 0 Å². The Morgan fingerprint density at radius 3 is 2.44 bits per heavy atom. The van der Waals surface area contributed by atoms with E-state index in [0.29, 0.717) is 6.61 Å². The summed E-state index contributed by atoms with van der Waals surface area (Å²) < 4.78 is 15.1. The van der Waals surface area contributed by atoms with Crippen molar-refractivity contribution in [2.45, 2.75) is 19.8 Å². The molecule has 0 aliphatic carbocycles. The van der Waals surface area contributed by atoms with E-state index in [1.165, 1.54) is 0 Å². The molecular formula is C4H9Cl2O2V. The zero-order valence-electron chi connectivity index (χ0n) is 5.14. The molecule has 0 aliphatic rings. The molecule has 0 aromatic carbocycles. The molecule has 0 fully saturated rings. The van der Waals surface area contributed by atoms with Gasteiger partial charge in [-0.15, -0.1) is 0 Å². The number of rotatable bonds is 4. The van der Waals surface area contributed by atoms with Crippen LogP contribution in [0.2, 0.25) is 0 Å². The van der Waals surface area contributed by atoms with E-state index >= 15 is 0 Å². The Bertz CT molecular complexity index is 111. The minimum absolute atomic E-state index is 0.403. The van der Waals surface area contributed by atoms with Gasteiger partial charge < -0.3 is 0 Å². The molecule has 9 heavy (non-hydrogen) atoms. The fourth-order valence-electron chi connectivity index (χ4n) is 0.315. The zero-order chi connectivity index (χ0) is 7.33. The van der Waals surface area contributed by atoms with Crippen molar-refractivity contribution in [3.05, 3.63) is 0 Å². The van der Waals surface area contributed by atoms with Gasteiger partial charge in [-0.1, -0.05) is 0 Å². The van der Waals surface area contributed by atoms with E-state index in [4.69, 9.17) is 19.7 Å². The van der Waals surface area contributed by atoms with Crippen LogP contribution in [0.25, 0.3) is 0 Å². The van der Waals surface area contributed by atoms with Gasteiger partial charge in [-0.2, -0.15) is 0 Å². The van der Waals surface area contributed by atoms with E-state index in [-0.39, 0.29) is 0 Å². The molecule has 0 saturated heterocycles. The number of hydrogen-bond acceptors (Lipinski definition) is 2. The molecule has 2 nitrogen and oxygen atoms in total. The van der Waals surface area contributed by atoms with E-state index in [9.17, 15) is 3.67 Å². The van der Waals surface area contributed by atoms with Crippen LogP contribution in [0.15, 0.2) is 0 Å². The third kappa shape index (κ3) is 8.92. The fourth-order valence-corrected chi connectivity index (χ4v) is 1.42. The van der Waals surface area contributed by atoms with Crippen LogP contribution in [0.5, 0.6) is 0 Å². The van der Waals surface area contributed by atoms with Crippen molar-refractivity contribution in [1.29, 1.82) is 0 Å². The molecular weight excluding hydrogens is 202 g/mol. The van der Waals surface area contributed by atoms with Crippen molar-refractivity contribution >= 4 is 19.7 Å². The van der Waals surface area contributed by atoms with Crippen LogP contribution in [0.4, 0.5) is 0 Å². The zero-order valence-corrected chi connectivity index (χ0v) is 8.05. The standard InChI is InChI=1S/C4H9O.2ClH.O.V/c1-2-3-4-5;;;;/h2-4H2,1H3;2*1H;;/q-1;;;;+3/p-2. The molecule has 0 bridgehead atoms. The second kappa shape index (κ2) is 4.70. The molecule has 0 unspecified atom stereocenters. The SMILES string of the molecule is CCCC[O][V](=[O])([Cl])[Cl]. The van der Waals surface area contributed by atoms with E-state index in [2.05, 4.69) is 3.66 Å². The van der Waals surface area contributed by atoms with Crippen molar-refractivity contribution in [2.75, 3.05) is 6.61 Å². The predicted molar refractivity (Wildman–Crippen MR) is 33.3 cm³/mol. The summed E-state index contributed by atoms with van der Waals surface area (Å²) in [6, 6.07) is 0. The summed E-state index contributed by atoms with van der Waals surface area (Å²) in [5, 5.41) is 0. The Morgan fingerprint density at radius 2 is 2.11 bits per heavy atom. The normalized spacial score (nSPS) is 11.9. The molecule has 0 atom stereocenters. The van der Waals surface area contributed by atoms with Crippen LogP contribution in [0.1, 0.15) is 19.8 Å². The summed E-state index contributed by atoms with van der Waals surface area (Å²) >= 11 is -3.80. The summed E-state index contributed by atoms with van der Waals surface area (Å²) in [5.74, 6) is 0. The van der Waals surface area contributed by atoms with Crippen LogP contribution < -0.4 is 0 Å². The van der Waals surface area contributed by atoms with Gasteiger partial charge in [-0.05, 0) is 0 Å². The van der Waals surface area contributed by atoms with Gasteiger partial charge in [0.2, 0.25) is 0 Å². The average Bonchev–Trinajstić information content (AvgIpc) is 1.63. The maximum absolute atomic E-state index is 10.5. The Hall–Kier alpha value is 0.924. The monoisotopic (exact) mass is 210 g/mol. The first-order valence-corrected chi connectivity index (χ1v) is 7.68. The van der Waals surface area contributed by atoms with Crippen LogP contribution in [0, 0.1) is 0 Å².